The molecule has 0 radical (unpaired) electrons. The number of halogens is 1. The van der Waals surface area contributed by atoms with Crippen LogP contribution in [0.3, 0.4) is 0 Å². The monoisotopic (exact) mass is 280 g/mol. The molecule has 1 saturated heterocycles. The van der Waals surface area contributed by atoms with Gasteiger partial charge in [0.2, 0.25) is 0 Å². The molecule has 1 aromatic carbocycles. The molecule has 0 bridgehead atoms. The van der Waals surface area contributed by atoms with Crippen LogP contribution in [0, 0.1) is 5.92 Å². The fourth-order valence-corrected chi connectivity index (χ4v) is 3.52. The van der Waals surface area contributed by atoms with Gasteiger partial charge in [0.25, 0.3) is 0 Å². The summed E-state index contributed by atoms with van der Waals surface area (Å²) in [4.78, 5) is 0.473. The van der Waals surface area contributed by atoms with Crippen LogP contribution < -0.4 is 0 Å². The van der Waals surface area contributed by atoms with Gasteiger partial charge in [-0.25, -0.2) is 0 Å². The molecule has 1 aromatic rings. The van der Waals surface area contributed by atoms with Crippen molar-refractivity contribution in [2.45, 2.75) is 30.5 Å². The van der Waals surface area contributed by atoms with E-state index >= 15 is 0 Å². The zero-order valence-corrected chi connectivity index (χ0v) is 11.0. The van der Waals surface area contributed by atoms with Crippen LogP contribution in [0.2, 0.25) is 0 Å². The van der Waals surface area contributed by atoms with Gasteiger partial charge in [-0.15, -0.1) is 0 Å². The first-order chi connectivity index (χ1) is 7.84. The Morgan fingerprint density at radius 2 is 2.12 bits per heavy atom. The summed E-state index contributed by atoms with van der Waals surface area (Å²) in [5.74, 6) is 0.652. The Bertz CT molecular complexity index is 382. The largest absolute Gasteiger partial charge is 0.381 e. The Morgan fingerprint density at radius 3 is 2.94 bits per heavy atom. The second-order valence-electron chi connectivity index (χ2n) is 4.91. The predicted octanol–water partition coefficient (Wildman–Crippen LogP) is 3.65. The molecule has 1 nitrogen and oxygen atoms in total. The number of rotatable bonds is 2. The lowest BCUT2D eigenvalue weighted by molar-refractivity contribution is 0.185. The number of aryl methyl sites for hydroxylation is 2. The maximum atomic E-state index is 5.46. The Labute approximate surface area is 105 Å². The number of hydrogen-bond donors (Lipinski definition) is 0. The van der Waals surface area contributed by atoms with E-state index in [1.165, 1.54) is 31.2 Å². The van der Waals surface area contributed by atoms with Crippen LogP contribution in [0.4, 0.5) is 0 Å². The lowest BCUT2D eigenvalue weighted by atomic mass is 9.96. The molecule has 0 aromatic heterocycles. The third-order valence-electron chi connectivity index (χ3n) is 3.82. The van der Waals surface area contributed by atoms with Crippen LogP contribution in [-0.4, -0.2) is 13.2 Å². The van der Waals surface area contributed by atoms with E-state index in [2.05, 4.69) is 34.1 Å². The van der Waals surface area contributed by atoms with Gasteiger partial charge in [0.15, 0.2) is 0 Å². The van der Waals surface area contributed by atoms with Gasteiger partial charge in [0.05, 0.1) is 6.61 Å². The topological polar surface area (TPSA) is 9.23 Å². The van der Waals surface area contributed by atoms with E-state index in [1.807, 2.05) is 0 Å². The molecule has 1 heterocycles. The molecule has 1 aliphatic heterocycles. The summed E-state index contributed by atoms with van der Waals surface area (Å²) in [6.45, 7) is 1.84. The molecule has 0 N–H and O–H groups in total. The fourth-order valence-electron chi connectivity index (χ4n) is 2.82. The van der Waals surface area contributed by atoms with Gasteiger partial charge in [-0.2, -0.15) is 0 Å². The molecular formula is C14H17BrO. The maximum absolute atomic E-state index is 5.46. The molecule has 3 rings (SSSR count). The van der Waals surface area contributed by atoms with Gasteiger partial charge < -0.3 is 4.74 Å². The third kappa shape index (κ3) is 1.93. The van der Waals surface area contributed by atoms with Crippen LogP contribution in [-0.2, 0) is 17.6 Å². The highest BCUT2D eigenvalue weighted by Crippen LogP contribution is 2.37. The van der Waals surface area contributed by atoms with Crippen molar-refractivity contribution < 1.29 is 4.74 Å². The van der Waals surface area contributed by atoms with Gasteiger partial charge in [-0.3, -0.25) is 0 Å². The van der Waals surface area contributed by atoms with E-state index in [9.17, 15) is 0 Å². The van der Waals surface area contributed by atoms with Crippen molar-refractivity contribution in [1.29, 1.82) is 0 Å². The smallest absolute Gasteiger partial charge is 0.0509 e. The summed E-state index contributed by atoms with van der Waals surface area (Å²) in [6, 6.07) is 7.02. The lowest BCUT2D eigenvalue weighted by Crippen LogP contribution is -2.07. The SMILES string of the molecule is BrC(c1ccc2c(c1)CCC2)C1CCOC1. The van der Waals surface area contributed by atoms with E-state index in [4.69, 9.17) is 4.74 Å². The minimum absolute atomic E-state index is 0.473. The Balaban J connectivity index is 1.83. The quantitative estimate of drug-likeness (QED) is 0.752. The highest BCUT2D eigenvalue weighted by Gasteiger charge is 2.25. The Hall–Kier alpha value is -0.340. The second-order valence-corrected chi connectivity index (χ2v) is 5.89. The summed E-state index contributed by atoms with van der Waals surface area (Å²) in [5.41, 5.74) is 4.57. The lowest BCUT2D eigenvalue weighted by Gasteiger charge is -2.17. The molecule has 1 fully saturated rings. The molecule has 1 aliphatic carbocycles. The van der Waals surface area contributed by atoms with Gasteiger partial charge in [0, 0.05) is 17.4 Å². The molecule has 86 valence electrons. The molecular weight excluding hydrogens is 264 g/mol. The molecule has 0 amide bonds. The summed E-state index contributed by atoms with van der Waals surface area (Å²) < 4.78 is 5.46. The van der Waals surface area contributed by atoms with E-state index in [1.54, 1.807) is 11.1 Å². The van der Waals surface area contributed by atoms with Crippen molar-refractivity contribution in [2.75, 3.05) is 13.2 Å². The first kappa shape index (κ1) is 10.8. The molecule has 0 saturated carbocycles. The van der Waals surface area contributed by atoms with Crippen molar-refractivity contribution >= 4 is 15.9 Å². The summed E-state index contributed by atoms with van der Waals surface area (Å²) >= 11 is 3.84. The molecule has 2 aliphatic rings. The first-order valence-electron chi connectivity index (χ1n) is 6.18. The second kappa shape index (κ2) is 4.50. The molecule has 0 spiro atoms. The van der Waals surface area contributed by atoms with Crippen LogP contribution in [0.5, 0.6) is 0 Å². The van der Waals surface area contributed by atoms with E-state index in [0.717, 1.165) is 13.2 Å². The van der Waals surface area contributed by atoms with E-state index in [0.29, 0.717) is 10.7 Å². The number of ether oxygens (including phenoxy) is 1. The van der Waals surface area contributed by atoms with Crippen LogP contribution in [0.25, 0.3) is 0 Å². The van der Waals surface area contributed by atoms with E-state index < -0.39 is 0 Å². The van der Waals surface area contributed by atoms with Gasteiger partial charge >= 0.3 is 0 Å². The van der Waals surface area contributed by atoms with Crippen LogP contribution in [0.1, 0.15) is 34.4 Å². The van der Waals surface area contributed by atoms with E-state index in [-0.39, 0.29) is 0 Å². The van der Waals surface area contributed by atoms with Gasteiger partial charge in [0.1, 0.15) is 0 Å². The average Bonchev–Trinajstić information content (AvgIpc) is 2.98. The molecule has 16 heavy (non-hydrogen) atoms. The van der Waals surface area contributed by atoms with Crippen molar-refractivity contribution in [2.24, 2.45) is 5.92 Å². The highest BCUT2D eigenvalue weighted by molar-refractivity contribution is 9.09. The highest BCUT2D eigenvalue weighted by atomic mass is 79.9. The van der Waals surface area contributed by atoms with Gasteiger partial charge in [-0.1, -0.05) is 34.1 Å². The molecule has 2 atom stereocenters. The number of alkyl halides is 1. The number of benzene rings is 1. The number of fused-ring (bicyclic) bond motifs is 1. The van der Waals surface area contributed by atoms with Crippen molar-refractivity contribution in [3.8, 4) is 0 Å². The summed E-state index contributed by atoms with van der Waals surface area (Å²) in [5, 5.41) is 0. The zero-order valence-electron chi connectivity index (χ0n) is 9.42. The zero-order chi connectivity index (χ0) is 11.0. The van der Waals surface area contributed by atoms with Crippen LogP contribution in [0.15, 0.2) is 18.2 Å². The summed E-state index contributed by atoms with van der Waals surface area (Å²) in [7, 11) is 0. The van der Waals surface area contributed by atoms with Crippen molar-refractivity contribution in [3.05, 3.63) is 34.9 Å². The minimum atomic E-state index is 0.473. The van der Waals surface area contributed by atoms with Crippen molar-refractivity contribution in [3.63, 3.8) is 0 Å². The Kier molecular flexibility index (Phi) is 3.03. The fraction of sp³-hybridized carbons (Fsp3) is 0.571. The van der Waals surface area contributed by atoms with Crippen molar-refractivity contribution in [1.82, 2.24) is 0 Å². The molecule has 2 heteroatoms. The maximum Gasteiger partial charge on any atom is 0.0509 e. The third-order valence-corrected chi connectivity index (χ3v) is 5.10. The first-order valence-corrected chi connectivity index (χ1v) is 7.09. The molecule has 2 unspecified atom stereocenters. The minimum Gasteiger partial charge on any atom is -0.381 e. The predicted molar refractivity (Wildman–Crippen MR) is 69.1 cm³/mol. The normalized spacial score (nSPS) is 25.7. The Morgan fingerprint density at radius 1 is 1.25 bits per heavy atom. The number of hydrogen-bond acceptors (Lipinski definition) is 1. The van der Waals surface area contributed by atoms with Gasteiger partial charge in [-0.05, 0) is 42.4 Å². The summed E-state index contributed by atoms with van der Waals surface area (Å²) in [6.07, 6.45) is 5.06. The average molecular weight is 281 g/mol. The van der Waals surface area contributed by atoms with Crippen LogP contribution >= 0.6 is 15.9 Å². The standard InChI is InChI=1S/C14H17BrO/c15-14(13-6-7-16-9-13)12-5-4-10-2-1-3-11(10)8-12/h4-5,8,13-14H,1-3,6-7,9H2.